The summed E-state index contributed by atoms with van der Waals surface area (Å²) in [5, 5.41) is 10.0. The molecule has 0 bridgehead atoms. The van der Waals surface area contributed by atoms with E-state index in [9.17, 15) is 9.90 Å². The van der Waals surface area contributed by atoms with Crippen molar-refractivity contribution in [3.8, 4) is 0 Å². The van der Waals surface area contributed by atoms with Crippen LogP contribution in [-0.2, 0) is 28.8 Å². The molecule has 2 atom stereocenters. The molecule has 3 aliphatic rings. The maximum absolute atomic E-state index is 12.2. The number of carboxylic acids is 1. The number of benzene rings is 1. The quantitative estimate of drug-likeness (QED) is 0.580. The van der Waals surface area contributed by atoms with Crippen LogP contribution in [0.3, 0.4) is 0 Å². The van der Waals surface area contributed by atoms with Crippen LogP contribution in [0.25, 0.3) is 0 Å². The minimum atomic E-state index is -0.753. The molecule has 1 saturated carbocycles. The zero-order chi connectivity index (χ0) is 21.9. The molecule has 32 heavy (non-hydrogen) atoms. The van der Waals surface area contributed by atoms with Gasteiger partial charge in [0.1, 0.15) is 6.04 Å². The third kappa shape index (κ3) is 4.89. The van der Waals surface area contributed by atoms with Gasteiger partial charge in [0.05, 0.1) is 6.10 Å². The number of hydrogen-bond acceptors (Lipinski definition) is 4. The SMILES string of the molecule is O=C(O)C(c1ccccc1C1CC1)N1CC[C@@H](OCCCc2ccc3c(n2)CCCC3)C1. The van der Waals surface area contributed by atoms with Gasteiger partial charge in [-0.2, -0.15) is 0 Å². The Hall–Kier alpha value is -2.24. The molecule has 2 fully saturated rings. The lowest BCUT2D eigenvalue weighted by Crippen LogP contribution is -2.34. The van der Waals surface area contributed by atoms with E-state index in [0.29, 0.717) is 19.1 Å². The Balaban J connectivity index is 1.13. The van der Waals surface area contributed by atoms with E-state index in [4.69, 9.17) is 9.72 Å². The second-order valence-electron chi connectivity index (χ2n) is 9.64. The topological polar surface area (TPSA) is 62.7 Å². The first kappa shape index (κ1) is 21.6. The Kier molecular flexibility index (Phi) is 6.56. The predicted octanol–water partition coefficient (Wildman–Crippen LogP) is 4.69. The van der Waals surface area contributed by atoms with Gasteiger partial charge in [-0.15, -0.1) is 0 Å². The van der Waals surface area contributed by atoms with Crippen molar-refractivity contribution < 1.29 is 14.6 Å². The maximum atomic E-state index is 12.2. The molecule has 1 unspecified atom stereocenters. The van der Waals surface area contributed by atoms with Crippen LogP contribution in [0.2, 0.25) is 0 Å². The molecular formula is C27H34N2O3. The molecule has 5 rings (SSSR count). The zero-order valence-electron chi connectivity index (χ0n) is 18.8. The lowest BCUT2D eigenvalue weighted by atomic mass is 9.95. The molecule has 0 radical (unpaired) electrons. The molecule has 5 nitrogen and oxygen atoms in total. The summed E-state index contributed by atoms with van der Waals surface area (Å²) >= 11 is 0. The molecule has 1 saturated heterocycles. The third-order valence-corrected chi connectivity index (χ3v) is 7.25. The van der Waals surface area contributed by atoms with Gasteiger partial charge >= 0.3 is 5.97 Å². The number of carboxylic acid groups (broad SMARTS) is 1. The minimum Gasteiger partial charge on any atom is -0.480 e. The number of likely N-dealkylation sites (tertiary alicyclic amines) is 1. The molecule has 1 aromatic heterocycles. The zero-order valence-corrected chi connectivity index (χ0v) is 18.8. The summed E-state index contributed by atoms with van der Waals surface area (Å²) < 4.78 is 6.16. The molecule has 0 spiro atoms. The summed E-state index contributed by atoms with van der Waals surface area (Å²) in [7, 11) is 0. The first-order chi connectivity index (χ1) is 15.7. The van der Waals surface area contributed by atoms with E-state index in [0.717, 1.165) is 37.8 Å². The monoisotopic (exact) mass is 434 g/mol. The highest BCUT2D eigenvalue weighted by Crippen LogP contribution is 2.44. The first-order valence-corrected chi connectivity index (χ1v) is 12.3. The average Bonchev–Trinajstić information content (AvgIpc) is 3.56. The van der Waals surface area contributed by atoms with Crippen molar-refractivity contribution in [2.45, 2.75) is 75.9 Å². The van der Waals surface area contributed by atoms with E-state index in [1.165, 1.54) is 54.6 Å². The second-order valence-corrected chi connectivity index (χ2v) is 9.64. The van der Waals surface area contributed by atoms with Crippen LogP contribution in [0.5, 0.6) is 0 Å². The van der Waals surface area contributed by atoms with E-state index in [-0.39, 0.29) is 6.10 Å². The van der Waals surface area contributed by atoms with Crippen LogP contribution >= 0.6 is 0 Å². The summed E-state index contributed by atoms with van der Waals surface area (Å²) in [5.74, 6) is -0.211. The van der Waals surface area contributed by atoms with Gasteiger partial charge in [-0.3, -0.25) is 14.7 Å². The molecule has 1 N–H and O–H groups in total. The minimum absolute atomic E-state index is 0.112. The Morgan fingerprint density at radius 3 is 2.81 bits per heavy atom. The summed E-state index contributed by atoms with van der Waals surface area (Å²) in [5.41, 5.74) is 6.10. The number of hydrogen-bond donors (Lipinski definition) is 1. The van der Waals surface area contributed by atoms with Crippen molar-refractivity contribution in [3.05, 3.63) is 64.5 Å². The summed E-state index contributed by atoms with van der Waals surface area (Å²) in [6.45, 7) is 2.16. The summed E-state index contributed by atoms with van der Waals surface area (Å²) in [6.07, 6.45) is 10.1. The molecule has 2 heterocycles. The number of rotatable bonds is 9. The highest BCUT2D eigenvalue weighted by Gasteiger charge is 2.37. The standard InChI is InChI=1S/C27H34N2O3/c30-27(31)26(24-9-3-2-8-23(24)19-11-12-19)29-16-15-22(18-29)32-17-5-7-21-14-13-20-6-1-4-10-25(20)28-21/h2-3,8-9,13-14,19,22,26H,1,4-7,10-12,15-18H2,(H,30,31)/t22-,26?/m1/s1. The van der Waals surface area contributed by atoms with Crippen molar-refractivity contribution in [1.29, 1.82) is 0 Å². The van der Waals surface area contributed by atoms with Crippen molar-refractivity contribution in [3.63, 3.8) is 0 Å². The fourth-order valence-electron chi connectivity index (χ4n) is 5.41. The van der Waals surface area contributed by atoms with Crippen LogP contribution in [0, 0.1) is 0 Å². The third-order valence-electron chi connectivity index (χ3n) is 7.25. The smallest absolute Gasteiger partial charge is 0.325 e. The van der Waals surface area contributed by atoms with Crippen molar-refractivity contribution in [1.82, 2.24) is 9.88 Å². The highest BCUT2D eigenvalue weighted by atomic mass is 16.5. The summed E-state index contributed by atoms with van der Waals surface area (Å²) in [4.78, 5) is 19.2. The lowest BCUT2D eigenvalue weighted by Gasteiger charge is -2.26. The van der Waals surface area contributed by atoms with Crippen molar-refractivity contribution in [2.75, 3.05) is 19.7 Å². The molecule has 5 heteroatoms. The van der Waals surface area contributed by atoms with E-state index in [1.54, 1.807) is 0 Å². The molecule has 1 aromatic carbocycles. The Labute approximate surface area is 190 Å². The van der Waals surface area contributed by atoms with Gasteiger partial charge in [0.25, 0.3) is 0 Å². The molecule has 0 amide bonds. The highest BCUT2D eigenvalue weighted by molar-refractivity contribution is 5.76. The van der Waals surface area contributed by atoms with Gasteiger partial charge in [-0.25, -0.2) is 0 Å². The first-order valence-electron chi connectivity index (χ1n) is 12.3. The van der Waals surface area contributed by atoms with Crippen LogP contribution < -0.4 is 0 Å². The number of aliphatic carboxylic acids is 1. The predicted molar refractivity (Wildman–Crippen MR) is 124 cm³/mol. The van der Waals surface area contributed by atoms with Gasteiger partial charge in [0.15, 0.2) is 0 Å². The van der Waals surface area contributed by atoms with Crippen LogP contribution in [0.15, 0.2) is 36.4 Å². The number of aromatic nitrogens is 1. The van der Waals surface area contributed by atoms with Crippen LogP contribution in [0.4, 0.5) is 0 Å². The maximum Gasteiger partial charge on any atom is 0.325 e. The number of ether oxygens (including phenoxy) is 1. The normalized spacial score (nSPS) is 21.9. The number of aryl methyl sites for hydroxylation is 3. The van der Waals surface area contributed by atoms with Crippen LogP contribution in [-0.4, -0.2) is 46.8 Å². The molecule has 170 valence electrons. The number of fused-ring (bicyclic) bond motifs is 1. The molecule has 1 aliphatic heterocycles. The largest absolute Gasteiger partial charge is 0.480 e. The number of nitrogens with zero attached hydrogens (tertiary/aromatic N) is 2. The molecule has 2 aliphatic carbocycles. The average molecular weight is 435 g/mol. The van der Waals surface area contributed by atoms with Gasteiger partial charge in [0, 0.05) is 31.1 Å². The Bertz CT molecular complexity index is 956. The van der Waals surface area contributed by atoms with E-state index < -0.39 is 12.0 Å². The van der Waals surface area contributed by atoms with Crippen molar-refractivity contribution >= 4 is 5.97 Å². The van der Waals surface area contributed by atoms with Gasteiger partial charge in [-0.05, 0) is 86.5 Å². The van der Waals surface area contributed by atoms with Crippen LogP contribution in [0.1, 0.15) is 78.6 Å². The van der Waals surface area contributed by atoms with Gasteiger partial charge < -0.3 is 9.84 Å². The van der Waals surface area contributed by atoms with E-state index in [2.05, 4.69) is 23.1 Å². The fourth-order valence-corrected chi connectivity index (χ4v) is 5.41. The summed E-state index contributed by atoms with van der Waals surface area (Å²) in [6, 6.07) is 12.0. The van der Waals surface area contributed by atoms with E-state index in [1.807, 2.05) is 18.2 Å². The van der Waals surface area contributed by atoms with Gasteiger partial charge in [0.2, 0.25) is 0 Å². The van der Waals surface area contributed by atoms with E-state index >= 15 is 0 Å². The Morgan fingerprint density at radius 1 is 1.12 bits per heavy atom. The number of carbonyl (C=O) groups is 1. The second kappa shape index (κ2) is 9.72. The number of pyridine rings is 1. The van der Waals surface area contributed by atoms with Crippen molar-refractivity contribution in [2.24, 2.45) is 0 Å². The molecule has 2 aromatic rings. The Morgan fingerprint density at radius 2 is 1.97 bits per heavy atom. The lowest BCUT2D eigenvalue weighted by molar-refractivity contribution is -0.143. The van der Waals surface area contributed by atoms with Gasteiger partial charge in [-0.1, -0.05) is 30.3 Å². The molecular weight excluding hydrogens is 400 g/mol. The fraction of sp³-hybridized carbons (Fsp3) is 0.556.